The van der Waals surface area contributed by atoms with E-state index in [0.29, 0.717) is 0 Å². The van der Waals surface area contributed by atoms with Crippen LogP contribution in [0.15, 0.2) is 0 Å². The first-order valence-corrected chi connectivity index (χ1v) is 7.42. The van der Waals surface area contributed by atoms with Gasteiger partial charge >= 0.3 is 0 Å². The predicted molar refractivity (Wildman–Crippen MR) is 78.1 cm³/mol. The fourth-order valence-corrected chi connectivity index (χ4v) is 1.98. The summed E-state index contributed by atoms with van der Waals surface area (Å²) in [6, 6.07) is 0. The van der Waals surface area contributed by atoms with Crippen LogP contribution in [0.3, 0.4) is 0 Å². The van der Waals surface area contributed by atoms with Crippen LogP contribution < -0.4 is 5.32 Å². The molecule has 0 aromatic carbocycles. The SMILES string of the molecule is CCCCCCCCCCCCNC(C)=S. The number of rotatable bonds is 11. The van der Waals surface area contributed by atoms with Crippen LogP contribution in [0.2, 0.25) is 0 Å². The summed E-state index contributed by atoms with van der Waals surface area (Å²) in [4.78, 5) is 0.927. The third-order valence-corrected chi connectivity index (χ3v) is 3.05. The molecule has 0 fully saturated rings. The monoisotopic (exact) mass is 243 g/mol. The molecule has 0 aliphatic rings. The highest BCUT2D eigenvalue weighted by Gasteiger charge is 1.92. The van der Waals surface area contributed by atoms with Crippen LogP contribution in [0, 0.1) is 0 Å². The first-order valence-electron chi connectivity index (χ1n) is 7.01. The Morgan fingerprint density at radius 1 is 0.812 bits per heavy atom. The topological polar surface area (TPSA) is 12.0 Å². The van der Waals surface area contributed by atoms with Crippen molar-refractivity contribution >= 4 is 17.2 Å². The third-order valence-electron chi connectivity index (χ3n) is 2.90. The zero-order valence-electron chi connectivity index (χ0n) is 11.2. The van der Waals surface area contributed by atoms with Gasteiger partial charge in [0.15, 0.2) is 0 Å². The second-order valence-corrected chi connectivity index (χ2v) is 5.28. The molecule has 0 radical (unpaired) electrons. The molecule has 0 saturated heterocycles. The summed E-state index contributed by atoms with van der Waals surface area (Å²) in [6.07, 6.45) is 14.0. The van der Waals surface area contributed by atoms with Crippen molar-refractivity contribution in [3.8, 4) is 0 Å². The lowest BCUT2D eigenvalue weighted by molar-refractivity contribution is 0.555. The van der Waals surface area contributed by atoms with Crippen LogP contribution in [-0.4, -0.2) is 11.5 Å². The molecule has 2 heteroatoms. The van der Waals surface area contributed by atoms with Gasteiger partial charge in [-0.2, -0.15) is 0 Å². The van der Waals surface area contributed by atoms with E-state index in [9.17, 15) is 0 Å². The molecule has 0 bridgehead atoms. The van der Waals surface area contributed by atoms with Crippen molar-refractivity contribution in [2.45, 2.75) is 78.1 Å². The Bertz CT molecular complexity index is 157. The molecule has 1 nitrogen and oxygen atoms in total. The maximum atomic E-state index is 4.95. The molecule has 16 heavy (non-hydrogen) atoms. The molecule has 0 aromatic rings. The quantitative estimate of drug-likeness (QED) is 0.411. The maximum absolute atomic E-state index is 4.95. The van der Waals surface area contributed by atoms with Crippen molar-refractivity contribution in [3.05, 3.63) is 0 Å². The molecule has 0 aromatic heterocycles. The minimum atomic E-state index is 0.927. The van der Waals surface area contributed by atoms with Crippen molar-refractivity contribution in [2.75, 3.05) is 6.54 Å². The Balaban J connectivity index is 2.90. The van der Waals surface area contributed by atoms with Crippen LogP contribution in [-0.2, 0) is 0 Å². The number of hydrogen-bond donors (Lipinski definition) is 1. The molecule has 0 rings (SSSR count). The summed E-state index contributed by atoms with van der Waals surface area (Å²) in [5.74, 6) is 0. The summed E-state index contributed by atoms with van der Waals surface area (Å²) in [5, 5.41) is 3.20. The van der Waals surface area contributed by atoms with Gasteiger partial charge in [0.05, 0.1) is 4.99 Å². The average molecular weight is 243 g/mol. The molecule has 0 atom stereocenters. The van der Waals surface area contributed by atoms with E-state index in [0.717, 1.165) is 11.5 Å². The summed E-state index contributed by atoms with van der Waals surface area (Å²) < 4.78 is 0. The van der Waals surface area contributed by atoms with Crippen molar-refractivity contribution < 1.29 is 0 Å². The van der Waals surface area contributed by atoms with Gasteiger partial charge in [0.2, 0.25) is 0 Å². The van der Waals surface area contributed by atoms with E-state index in [1.165, 1.54) is 64.2 Å². The van der Waals surface area contributed by atoms with Gasteiger partial charge in [0.1, 0.15) is 0 Å². The predicted octanol–water partition coefficient (Wildman–Crippen LogP) is 4.84. The van der Waals surface area contributed by atoms with Crippen molar-refractivity contribution in [1.29, 1.82) is 0 Å². The van der Waals surface area contributed by atoms with Gasteiger partial charge in [-0.15, -0.1) is 0 Å². The first kappa shape index (κ1) is 15.9. The molecule has 0 aliphatic carbocycles. The highest BCUT2D eigenvalue weighted by atomic mass is 32.1. The summed E-state index contributed by atoms with van der Waals surface area (Å²) in [6.45, 7) is 5.29. The largest absolute Gasteiger partial charge is 0.380 e. The molecule has 0 heterocycles. The molecule has 0 amide bonds. The van der Waals surface area contributed by atoms with E-state index in [1.54, 1.807) is 0 Å². The molecule has 0 aliphatic heterocycles. The molecular formula is C14H29NS. The molecule has 0 saturated carbocycles. The Labute approximate surface area is 107 Å². The average Bonchev–Trinajstić information content (AvgIpc) is 2.25. The minimum absolute atomic E-state index is 0.927. The Morgan fingerprint density at radius 2 is 1.25 bits per heavy atom. The zero-order chi connectivity index (χ0) is 12.1. The van der Waals surface area contributed by atoms with Crippen LogP contribution in [0.1, 0.15) is 78.1 Å². The standard InChI is InChI=1S/C14H29NS/c1-3-4-5-6-7-8-9-10-11-12-13-15-14(2)16/h3-13H2,1-2H3,(H,15,16). The first-order chi connectivity index (χ1) is 7.77. The number of hydrogen-bond acceptors (Lipinski definition) is 1. The van der Waals surface area contributed by atoms with Crippen LogP contribution in [0.25, 0.3) is 0 Å². The van der Waals surface area contributed by atoms with Gasteiger partial charge in [0, 0.05) is 6.54 Å². The van der Waals surface area contributed by atoms with E-state index < -0.39 is 0 Å². The van der Waals surface area contributed by atoms with Crippen molar-refractivity contribution in [1.82, 2.24) is 5.32 Å². The van der Waals surface area contributed by atoms with E-state index in [1.807, 2.05) is 6.92 Å². The highest BCUT2D eigenvalue weighted by molar-refractivity contribution is 7.80. The third kappa shape index (κ3) is 13.9. The number of nitrogens with one attached hydrogen (secondary N) is 1. The summed E-state index contributed by atoms with van der Waals surface area (Å²) >= 11 is 4.95. The summed E-state index contributed by atoms with van der Waals surface area (Å²) in [5.41, 5.74) is 0. The minimum Gasteiger partial charge on any atom is -0.380 e. The molecule has 1 N–H and O–H groups in total. The van der Waals surface area contributed by atoms with E-state index in [2.05, 4.69) is 12.2 Å². The van der Waals surface area contributed by atoms with Gasteiger partial charge in [0.25, 0.3) is 0 Å². The molecule has 0 spiro atoms. The molecule has 96 valence electrons. The maximum Gasteiger partial charge on any atom is 0.0721 e. The van der Waals surface area contributed by atoms with Gasteiger partial charge in [-0.1, -0.05) is 76.9 Å². The number of thiocarbonyl (C=S) groups is 1. The van der Waals surface area contributed by atoms with Crippen molar-refractivity contribution in [3.63, 3.8) is 0 Å². The van der Waals surface area contributed by atoms with Gasteiger partial charge in [-0.25, -0.2) is 0 Å². The van der Waals surface area contributed by atoms with Crippen LogP contribution >= 0.6 is 12.2 Å². The van der Waals surface area contributed by atoms with Gasteiger partial charge in [-0.05, 0) is 13.3 Å². The summed E-state index contributed by atoms with van der Waals surface area (Å²) in [7, 11) is 0. The fourth-order valence-electron chi connectivity index (χ4n) is 1.88. The molecular weight excluding hydrogens is 214 g/mol. The lowest BCUT2D eigenvalue weighted by Crippen LogP contribution is -2.18. The van der Waals surface area contributed by atoms with Crippen molar-refractivity contribution in [2.24, 2.45) is 0 Å². The second-order valence-electron chi connectivity index (χ2n) is 4.66. The zero-order valence-corrected chi connectivity index (χ0v) is 12.0. The fraction of sp³-hybridized carbons (Fsp3) is 0.929. The second kappa shape index (κ2) is 13.0. The van der Waals surface area contributed by atoms with E-state index in [-0.39, 0.29) is 0 Å². The van der Waals surface area contributed by atoms with E-state index >= 15 is 0 Å². The number of unbranched alkanes of at least 4 members (excludes halogenated alkanes) is 9. The van der Waals surface area contributed by atoms with Crippen LogP contribution in [0.5, 0.6) is 0 Å². The van der Waals surface area contributed by atoms with Gasteiger partial charge in [-0.3, -0.25) is 0 Å². The Hall–Kier alpha value is -0.110. The lowest BCUT2D eigenvalue weighted by atomic mass is 10.1. The lowest BCUT2D eigenvalue weighted by Gasteiger charge is -2.04. The normalized spacial score (nSPS) is 10.4. The Morgan fingerprint density at radius 3 is 1.69 bits per heavy atom. The molecule has 0 unspecified atom stereocenters. The van der Waals surface area contributed by atoms with Crippen LogP contribution in [0.4, 0.5) is 0 Å². The van der Waals surface area contributed by atoms with E-state index in [4.69, 9.17) is 12.2 Å². The Kier molecular flexibility index (Phi) is 12.9. The van der Waals surface area contributed by atoms with Gasteiger partial charge < -0.3 is 5.32 Å². The smallest absolute Gasteiger partial charge is 0.0721 e. The highest BCUT2D eigenvalue weighted by Crippen LogP contribution is 2.10.